The molecule has 24 heavy (non-hydrogen) atoms. The molecule has 1 aromatic heterocycles. The van der Waals surface area contributed by atoms with E-state index in [9.17, 15) is 9.18 Å². The molecule has 0 fully saturated rings. The van der Waals surface area contributed by atoms with Crippen LogP contribution in [0, 0.1) is 5.82 Å². The highest BCUT2D eigenvalue weighted by atomic mass is 35.5. The van der Waals surface area contributed by atoms with Crippen LogP contribution in [-0.4, -0.2) is 17.9 Å². The minimum absolute atomic E-state index is 0.235. The molecular formula is C19H13ClFNO2. The number of hydrogen-bond donors (Lipinski definition) is 0. The van der Waals surface area contributed by atoms with Crippen molar-refractivity contribution in [3.05, 3.63) is 76.7 Å². The molecule has 5 heteroatoms. The van der Waals surface area contributed by atoms with Crippen LogP contribution in [0.25, 0.3) is 17.0 Å². The number of carbonyl (C=O) groups is 1. The van der Waals surface area contributed by atoms with E-state index >= 15 is 0 Å². The predicted octanol–water partition coefficient (Wildman–Crippen LogP) is 4.93. The molecular weight excluding hydrogens is 329 g/mol. The summed E-state index contributed by atoms with van der Waals surface area (Å²) >= 11 is 6.18. The van der Waals surface area contributed by atoms with Crippen LogP contribution in [0.5, 0.6) is 5.75 Å². The number of hydrogen-bond acceptors (Lipinski definition) is 3. The highest BCUT2D eigenvalue weighted by molar-refractivity contribution is 6.31. The van der Waals surface area contributed by atoms with E-state index in [1.165, 1.54) is 30.3 Å². The van der Waals surface area contributed by atoms with Crippen molar-refractivity contribution in [3.8, 4) is 5.75 Å². The molecule has 2 aromatic carbocycles. The first-order valence-corrected chi connectivity index (χ1v) is 7.57. The largest absolute Gasteiger partial charge is 0.497 e. The molecule has 0 atom stereocenters. The first kappa shape index (κ1) is 16.1. The maximum absolute atomic E-state index is 12.9. The summed E-state index contributed by atoms with van der Waals surface area (Å²) in [5, 5.41) is 1.17. The molecule has 120 valence electrons. The predicted molar refractivity (Wildman–Crippen MR) is 93.1 cm³/mol. The van der Waals surface area contributed by atoms with Gasteiger partial charge in [0.2, 0.25) is 0 Å². The average molecular weight is 342 g/mol. The molecule has 3 rings (SSSR count). The second-order valence-corrected chi connectivity index (χ2v) is 5.49. The summed E-state index contributed by atoms with van der Waals surface area (Å²) < 4.78 is 18.1. The van der Waals surface area contributed by atoms with E-state index in [1.54, 1.807) is 19.3 Å². The molecule has 0 radical (unpaired) electrons. The standard InChI is InChI=1S/C19H13ClFNO2/c1-24-16-8-4-13-10-14(19(20)22-17(13)11-16)5-9-18(23)12-2-6-15(21)7-3-12/h2-11H,1H3. The number of halogens is 2. The number of allylic oxidation sites excluding steroid dienone is 1. The third kappa shape index (κ3) is 3.44. The molecule has 0 aliphatic heterocycles. The fourth-order valence-corrected chi connectivity index (χ4v) is 2.47. The van der Waals surface area contributed by atoms with Gasteiger partial charge in [0.15, 0.2) is 5.78 Å². The molecule has 1 heterocycles. The Morgan fingerprint density at radius 1 is 1.17 bits per heavy atom. The topological polar surface area (TPSA) is 39.2 Å². The monoisotopic (exact) mass is 341 g/mol. The maximum Gasteiger partial charge on any atom is 0.185 e. The smallest absolute Gasteiger partial charge is 0.185 e. The number of carbonyl (C=O) groups excluding carboxylic acids is 1. The molecule has 3 aromatic rings. The van der Waals surface area contributed by atoms with Crippen molar-refractivity contribution in [1.29, 1.82) is 0 Å². The summed E-state index contributed by atoms with van der Waals surface area (Å²) in [6.45, 7) is 0. The van der Waals surface area contributed by atoms with E-state index in [4.69, 9.17) is 16.3 Å². The van der Waals surface area contributed by atoms with E-state index in [0.717, 1.165) is 5.39 Å². The summed E-state index contributed by atoms with van der Waals surface area (Å²) in [4.78, 5) is 16.4. The van der Waals surface area contributed by atoms with Gasteiger partial charge in [-0.05, 0) is 54.6 Å². The van der Waals surface area contributed by atoms with Crippen LogP contribution in [-0.2, 0) is 0 Å². The number of nitrogens with zero attached hydrogens (tertiary/aromatic N) is 1. The van der Waals surface area contributed by atoms with Gasteiger partial charge in [-0.25, -0.2) is 9.37 Å². The Hall–Kier alpha value is -2.72. The number of benzene rings is 2. The highest BCUT2D eigenvalue weighted by Gasteiger charge is 2.06. The van der Waals surface area contributed by atoms with Crippen molar-refractivity contribution in [3.63, 3.8) is 0 Å². The molecule has 0 saturated carbocycles. The SMILES string of the molecule is COc1ccc2cc(C=CC(=O)c3ccc(F)cc3)c(Cl)nc2c1. The number of ketones is 1. The minimum Gasteiger partial charge on any atom is -0.497 e. The third-order valence-corrected chi connectivity index (χ3v) is 3.85. The number of ether oxygens (including phenoxy) is 1. The van der Waals surface area contributed by atoms with E-state index in [0.29, 0.717) is 27.5 Å². The Balaban J connectivity index is 1.90. The molecule has 0 saturated heterocycles. The number of pyridine rings is 1. The Kier molecular flexibility index (Phi) is 4.58. The van der Waals surface area contributed by atoms with Gasteiger partial charge in [-0.2, -0.15) is 0 Å². The van der Waals surface area contributed by atoms with Gasteiger partial charge >= 0.3 is 0 Å². The van der Waals surface area contributed by atoms with Crippen LogP contribution in [0.2, 0.25) is 5.15 Å². The molecule has 0 unspecified atom stereocenters. The van der Waals surface area contributed by atoms with E-state index in [1.807, 2.05) is 18.2 Å². The van der Waals surface area contributed by atoms with Gasteiger partial charge in [-0.1, -0.05) is 11.6 Å². The number of methoxy groups -OCH3 is 1. The quantitative estimate of drug-likeness (QED) is 0.383. The van der Waals surface area contributed by atoms with E-state index < -0.39 is 0 Å². The minimum atomic E-state index is -0.382. The highest BCUT2D eigenvalue weighted by Crippen LogP contribution is 2.25. The average Bonchev–Trinajstić information content (AvgIpc) is 2.59. The third-order valence-electron chi connectivity index (χ3n) is 3.55. The fraction of sp³-hybridized carbons (Fsp3) is 0.0526. The summed E-state index contributed by atoms with van der Waals surface area (Å²) in [7, 11) is 1.58. The van der Waals surface area contributed by atoms with Crippen LogP contribution in [0.4, 0.5) is 4.39 Å². The van der Waals surface area contributed by atoms with Gasteiger partial charge in [0, 0.05) is 22.6 Å². The number of fused-ring (bicyclic) bond motifs is 1. The van der Waals surface area contributed by atoms with Gasteiger partial charge in [-0.15, -0.1) is 0 Å². The van der Waals surface area contributed by atoms with Crippen LogP contribution in [0.1, 0.15) is 15.9 Å². The zero-order chi connectivity index (χ0) is 17.1. The van der Waals surface area contributed by atoms with Crippen molar-refractivity contribution in [2.24, 2.45) is 0 Å². The number of rotatable bonds is 4. The fourth-order valence-electron chi connectivity index (χ4n) is 2.26. The van der Waals surface area contributed by atoms with Crippen molar-refractivity contribution >= 4 is 34.4 Å². The lowest BCUT2D eigenvalue weighted by Gasteiger charge is -2.04. The zero-order valence-electron chi connectivity index (χ0n) is 12.8. The van der Waals surface area contributed by atoms with Crippen molar-refractivity contribution in [2.45, 2.75) is 0 Å². The zero-order valence-corrected chi connectivity index (χ0v) is 13.5. The summed E-state index contributed by atoms with van der Waals surface area (Å²) in [6, 6.07) is 12.7. The Morgan fingerprint density at radius 2 is 1.92 bits per heavy atom. The van der Waals surface area contributed by atoms with Gasteiger partial charge in [0.25, 0.3) is 0 Å². The molecule has 0 bridgehead atoms. The van der Waals surface area contributed by atoms with Crippen molar-refractivity contribution < 1.29 is 13.9 Å². The second kappa shape index (κ2) is 6.81. The molecule has 0 N–H and O–H groups in total. The Bertz CT molecular complexity index is 936. The Labute approximate surface area is 143 Å². The van der Waals surface area contributed by atoms with E-state index in [-0.39, 0.29) is 11.6 Å². The first-order chi connectivity index (χ1) is 11.6. The van der Waals surface area contributed by atoms with E-state index in [2.05, 4.69) is 4.98 Å². The number of aromatic nitrogens is 1. The molecule has 0 spiro atoms. The van der Waals surface area contributed by atoms with Crippen LogP contribution in [0.15, 0.2) is 54.6 Å². The normalized spacial score (nSPS) is 11.1. The van der Waals surface area contributed by atoms with Crippen molar-refractivity contribution in [2.75, 3.05) is 7.11 Å². The Morgan fingerprint density at radius 3 is 2.62 bits per heavy atom. The molecule has 3 nitrogen and oxygen atoms in total. The second-order valence-electron chi connectivity index (χ2n) is 5.13. The van der Waals surface area contributed by atoms with Crippen LogP contribution >= 0.6 is 11.6 Å². The van der Waals surface area contributed by atoms with Gasteiger partial charge in [0.1, 0.15) is 16.7 Å². The summed E-state index contributed by atoms with van der Waals surface area (Å²) in [6.07, 6.45) is 3.00. The summed E-state index contributed by atoms with van der Waals surface area (Å²) in [5.74, 6) is 0.0782. The van der Waals surface area contributed by atoms with Gasteiger partial charge in [0.05, 0.1) is 12.6 Å². The first-order valence-electron chi connectivity index (χ1n) is 7.19. The lowest BCUT2D eigenvalue weighted by atomic mass is 10.1. The van der Waals surface area contributed by atoms with Crippen LogP contribution in [0.3, 0.4) is 0 Å². The van der Waals surface area contributed by atoms with Gasteiger partial charge < -0.3 is 4.74 Å². The lowest BCUT2D eigenvalue weighted by Crippen LogP contribution is -1.94. The molecule has 0 amide bonds. The maximum atomic E-state index is 12.9. The summed E-state index contributed by atoms with van der Waals surface area (Å²) in [5.41, 5.74) is 1.74. The molecule has 0 aliphatic carbocycles. The molecule has 0 aliphatic rings. The lowest BCUT2D eigenvalue weighted by molar-refractivity contribution is 0.104. The van der Waals surface area contributed by atoms with Gasteiger partial charge in [-0.3, -0.25) is 4.79 Å². The van der Waals surface area contributed by atoms with Crippen LogP contribution < -0.4 is 4.74 Å². The van der Waals surface area contributed by atoms with Crippen molar-refractivity contribution in [1.82, 2.24) is 4.98 Å².